The molecule has 4 heteroatoms. The third-order valence-corrected chi connectivity index (χ3v) is 3.16. The van der Waals surface area contributed by atoms with E-state index >= 15 is 0 Å². The van der Waals surface area contributed by atoms with Crippen molar-refractivity contribution >= 4 is 11.0 Å². The van der Waals surface area contributed by atoms with Crippen molar-refractivity contribution in [2.24, 2.45) is 11.7 Å². The number of aromatic nitrogens is 2. The predicted octanol–water partition coefficient (Wildman–Crippen LogP) is 1.70. The summed E-state index contributed by atoms with van der Waals surface area (Å²) in [6, 6.07) is 6.51. The Kier molecular flexibility index (Phi) is 4.23. The van der Waals surface area contributed by atoms with E-state index in [1.807, 2.05) is 6.07 Å². The van der Waals surface area contributed by atoms with Crippen molar-refractivity contribution in [3.63, 3.8) is 0 Å². The minimum Gasteiger partial charge on any atom is -0.329 e. The molecule has 0 amide bonds. The normalized spacial score (nSPS) is 13.1. The molecule has 0 spiro atoms. The molecule has 0 aliphatic heterocycles. The van der Waals surface area contributed by atoms with Crippen LogP contribution in [0.3, 0.4) is 0 Å². The number of benzene rings is 1. The molecule has 0 aliphatic rings. The summed E-state index contributed by atoms with van der Waals surface area (Å²) in [5.74, 6) is 0.537. The SMILES string of the molecule is CC(C)C(CN)NCc1ccc2nccnc2c1. The predicted molar refractivity (Wildman–Crippen MR) is 74.1 cm³/mol. The molecule has 1 unspecified atom stereocenters. The average Bonchev–Trinajstić information content (AvgIpc) is 2.39. The fourth-order valence-corrected chi connectivity index (χ4v) is 1.96. The second-order valence-corrected chi connectivity index (χ2v) is 4.85. The molecular formula is C14H20N4. The Hall–Kier alpha value is -1.52. The van der Waals surface area contributed by atoms with Crippen LogP contribution in [-0.4, -0.2) is 22.6 Å². The Labute approximate surface area is 108 Å². The van der Waals surface area contributed by atoms with Crippen molar-refractivity contribution in [2.45, 2.75) is 26.4 Å². The van der Waals surface area contributed by atoms with Gasteiger partial charge in [-0.1, -0.05) is 19.9 Å². The van der Waals surface area contributed by atoms with Gasteiger partial charge < -0.3 is 11.1 Å². The van der Waals surface area contributed by atoms with Gasteiger partial charge in [-0.05, 0) is 23.6 Å². The first-order valence-electron chi connectivity index (χ1n) is 6.34. The quantitative estimate of drug-likeness (QED) is 0.840. The summed E-state index contributed by atoms with van der Waals surface area (Å²) >= 11 is 0. The summed E-state index contributed by atoms with van der Waals surface area (Å²) in [5.41, 5.74) is 8.82. The van der Waals surface area contributed by atoms with E-state index in [0.29, 0.717) is 18.5 Å². The monoisotopic (exact) mass is 244 g/mol. The molecule has 96 valence electrons. The highest BCUT2D eigenvalue weighted by Crippen LogP contribution is 2.11. The van der Waals surface area contributed by atoms with Crippen molar-refractivity contribution < 1.29 is 0 Å². The Morgan fingerprint density at radius 2 is 1.89 bits per heavy atom. The molecule has 0 fully saturated rings. The number of fused-ring (bicyclic) bond motifs is 1. The van der Waals surface area contributed by atoms with Gasteiger partial charge in [0.05, 0.1) is 11.0 Å². The lowest BCUT2D eigenvalue weighted by atomic mass is 10.0. The average molecular weight is 244 g/mol. The van der Waals surface area contributed by atoms with Gasteiger partial charge in [0.25, 0.3) is 0 Å². The maximum Gasteiger partial charge on any atom is 0.0890 e. The van der Waals surface area contributed by atoms with Gasteiger partial charge in [-0.25, -0.2) is 0 Å². The highest BCUT2D eigenvalue weighted by Gasteiger charge is 2.10. The lowest BCUT2D eigenvalue weighted by molar-refractivity contribution is 0.405. The number of nitrogens with one attached hydrogen (secondary N) is 1. The van der Waals surface area contributed by atoms with Gasteiger partial charge in [0.1, 0.15) is 0 Å². The van der Waals surface area contributed by atoms with E-state index < -0.39 is 0 Å². The maximum absolute atomic E-state index is 5.74. The van der Waals surface area contributed by atoms with E-state index in [4.69, 9.17) is 5.73 Å². The number of nitrogens with two attached hydrogens (primary N) is 1. The van der Waals surface area contributed by atoms with Crippen LogP contribution in [0.2, 0.25) is 0 Å². The number of nitrogens with zero attached hydrogens (tertiary/aromatic N) is 2. The van der Waals surface area contributed by atoms with E-state index in [1.54, 1.807) is 12.4 Å². The molecule has 0 aliphatic carbocycles. The van der Waals surface area contributed by atoms with Crippen LogP contribution >= 0.6 is 0 Å². The fraction of sp³-hybridized carbons (Fsp3) is 0.429. The molecule has 0 bridgehead atoms. The molecule has 18 heavy (non-hydrogen) atoms. The molecule has 1 aromatic heterocycles. The van der Waals surface area contributed by atoms with E-state index in [9.17, 15) is 0 Å². The van der Waals surface area contributed by atoms with Crippen molar-refractivity contribution in [3.8, 4) is 0 Å². The molecule has 0 saturated heterocycles. The van der Waals surface area contributed by atoms with Gasteiger partial charge in [0, 0.05) is 31.5 Å². The number of rotatable bonds is 5. The molecular weight excluding hydrogens is 224 g/mol. The van der Waals surface area contributed by atoms with Crippen LogP contribution in [-0.2, 0) is 6.54 Å². The van der Waals surface area contributed by atoms with E-state index in [0.717, 1.165) is 17.6 Å². The topological polar surface area (TPSA) is 63.8 Å². The third-order valence-electron chi connectivity index (χ3n) is 3.16. The standard InChI is InChI=1S/C14H20N4/c1-10(2)14(8-15)18-9-11-3-4-12-13(7-11)17-6-5-16-12/h3-7,10,14,18H,8-9,15H2,1-2H3. The molecule has 1 aromatic carbocycles. The highest BCUT2D eigenvalue weighted by atomic mass is 14.9. The van der Waals surface area contributed by atoms with Crippen molar-refractivity contribution in [2.75, 3.05) is 6.54 Å². The Balaban J connectivity index is 2.07. The number of hydrogen-bond donors (Lipinski definition) is 2. The summed E-state index contributed by atoms with van der Waals surface area (Å²) < 4.78 is 0. The summed E-state index contributed by atoms with van der Waals surface area (Å²) in [4.78, 5) is 8.57. The molecule has 1 atom stereocenters. The molecule has 4 nitrogen and oxygen atoms in total. The van der Waals surface area contributed by atoms with E-state index in [2.05, 4.69) is 41.3 Å². The lowest BCUT2D eigenvalue weighted by Crippen LogP contribution is -2.39. The van der Waals surface area contributed by atoms with Gasteiger partial charge in [0.2, 0.25) is 0 Å². The molecule has 3 N–H and O–H groups in total. The summed E-state index contributed by atoms with van der Waals surface area (Å²) in [6.07, 6.45) is 3.43. The largest absolute Gasteiger partial charge is 0.329 e. The van der Waals surface area contributed by atoms with Crippen LogP contribution in [0.15, 0.2) is 30.6 Å². The fourth-order valence-electron chi connectivity index (χ4n) is 1.96. The van der Waals surface area contributed by atoms with E-state index in [-0.39, 0.29) is 0 Å². The summed E-state index contributed by atoms with van der Waals surface area (Å²) in [6.45, 7) is 5.82. The minimum atomic E-state index is 0.350. The van der Waals surface area contributed by atoms with Gasteiger partial charge in [-0.15, -0.1) is 0 Å². The first kappa shape index (κ1) is 12.9. The zero-order chi connectivity index (χ0) is 13.0. The summed E-state index contributed by atoms with van der Waals surface area (Å²) in [7, 11) is 0. The van der Waals surface area contributed by atoms with Crippen LogP contribution in [0, 0.1) is 5.92 Å². The lowest BCUT2D eigenvalue weighted by Gasteiger charge is -2.20. The smallest absolute Gasteiger partial charge is 0.0890 e. The first-order chi connectivity index (χ1) is 8.70. The zero-order valence-electron chi connectivity index (χ0n) is 10.9. The van der Waals surface area contributed by atoms with Gasteiger partial charge >= 0.3 is 0 Å². The molecule has 2 aromatic rings. The van der Waals surface area contributed by atoms with Crippen LogP contribution in [0.5, 0.6) is 0 Å². The van der Waals surface area contributed by atoms with Gasteiger partial charge in [0.15, 0.2) is 0 Å². The van der Waals surface area contributed by atoms with Crippen LogP contribution < -0.4 is 11.1 Å². The van der Waals surface area contributed by atoms with Crippen LogP contribution in [0.25, 0.3) is 11.0 Å². The van der Waals surface area contributed by atoms with E-state index in [1.165, 1.54) is 5.56 Å². The second kappa shape index (κ2) is 5.89. The summed E-state index contributed by atoms with van der Waals surface area (Å²) in [5, 5.41) is 3.48. The zero-order valence-corrected chi connectivity index (χ0v) is 10.9. The third kappa shape index (κ3) is 3.03. The Bertz CT molecular complexity index is 510. The van der Waals surface area contributed by atoms with Gasteiger partial charge in [-0.2, -0.15) is 0 Å². The number of hydrogen-bond acceptors (Lipinski definition) is 4. The van der Waals surface area contributed by atoms with Crippen molar-refractivity contribution in [1.82, 2.24) is 15.3 Å². The molecule has 2 rings (SSSR count). The molecule has 1 heterocycles. The van der Waals surface area contributed by atoms with Gasteiger partial charge in [-0.3, -0.25) is 9.97 Å². The molecule has 0 radical (unpaired) electrons. The minimum absolute atomic E-state index is 0.350. The maximum atomic E-state index is 5.74. The Morgan fingerprint density at radius 3 is 2.56 bits per heavy atom. The first-order valence-corrected chi connectivity index (χ1v) is 6.34. The van der Waals surface area contributed by atoms with Crippen molar-refractivity contribution in [1.29, 1.82) is 0 Å². The Morgan fingerprint density at radius 1 is 1.17 bits per heavy atom. The van der Waals surface area contributed by atoms with Crippen LogP contribution in [0.4, 0.5) is 0 Å². The van der Waals surface area contributed by atoms with Crippen molar-refractivity contribution in [3.05, 3.63) is 36.2 Å². The second-order valence-electron chi connectivity index (χ2n) is 4.85. The van der Waals surface area contributed by atoms with Crippen LogP contribution in [0.1, 0.15) is 19.4 Å². The highest BCUT2D eigenvalue weighted by molar-refractivity contribution is 5.74. The molecule has 0 saturated carbocycles.